The number of aliphatic hydroxyl groups excluding tert-OH is 1. The SMILES string of the molecule is C/C=C(/C)C(=O)O[C@@H]1/C(C)=C/[C@@]23O[C@@]2(C[C@H](C)[C@@H]3O)C(=O)[C@H](C)[C@H](OC(C)=O)[C@@H]2[C@H](C1OC)C2(C)C. The van der Waals surface area contributed by atoms with Gasteiger partial charge in [0.15, 0.2) is 17.0 Å². The zero-order valence-electron chi connectivity index (χ0n) is 22.8. The third-order valence-corrected chi connectivity index (χ3v) is 9.28. The second kappa shape index (κ2) is 8.77. The highest BCUT2D eigenvalue weighted by Gasteiger charge is 2.82. The molecule has 2 saturated carbocycles. The summed E-state index contributed by atoms with van der Waals surface area (Å²) in [4.78, 5) is 39.1. The first kappa shape index (κ1) is 27.0. The molecular formula is C28H40O8. The Kier molecular flexibility index (Phi) is 6.59. The number of ether oxygens (including phenoxy) is 4. The molecule has 0 aromatic heterocycles. The van der Waals surface area contributed by atoms with Gasteiger partial charge in [0, 0.05) is 31.4 Å². The number of carbonyl (C=O) groups is 3. The lowest BCUT2D eigenvalue weighted by atomic mass is 9.80. The molecule has 10 atom stereocenters. The summed E-state index contributed by atoms with van der Waals surface area (Å²) in [6, 6.07) is 0. The van der Waals surface area contributed by atoms with E-state index in [9.17, 15) is 19.5 Å². The number of hydrogen-bond acceptors (Lipinski definition) is 8. The highest BCUT2D eigenvalue weighted by molar-refractivity contribution is 5.96. The van der Waals surface area contributed by atoms with Crippen LogP contribution in [0.2, 0.25) is 0 Å². The van der Waals surface area contributed by atoms with E-state index in [0.717, 1.165) is 0 Å². The number of allylic oxidation sites excluding steroid dienone is 1. The molecule has 1 aliphatic heterocycles. The number of methoxy groups -OCH3 is 1. The van der Waals surface area contributed by atoms with Crippen molar-refractivity contribution in [3.05, 3.63) is 23.3 Å². The first-order valence-corrected chi connectivity index (χ1v) is 12.9. The molecule has 1 heterocycles. The standard InChI is InChI=1S/C28H40O8/c1-10-13(2)25(32)35-20-14(3)11-27-23(30)15(4)12-28(27,36-27)24(31)16(5)21(34-17(6)29)18-19(22(20)33-9)26(18,7)8/h10-11,15-16,18-23,30H,12H2,1-9H3/b13-10-,14-11+/t15-,16+,18-,19+,20+,21-,22?,23-,27-,28-/m0/s1. The van der Waals surface area contributed by atoms with Crippen LogP contribution >= 0.6 is 0 Å². The predicted molar refractivity (Wildman–Crippen MR) is 131 cm³/mol. The maximum Gasteiger partial charge on any atom is 0.334 e. The minimum absolute atomic E-state index is 0.150. The van der Waals surface area contributed by atoms with Crippen molar-refractivity contribution in [3.8, 4) is 0 Å². The largest absolute Gasteiger partial charge is 0.461 e. The van der Waals surface area contributed by atoms with Gasteiger partial charge in [0.1, 0.15) is 18.3 Å². The number of carbonyl (C=O) groups excluding carboxylic acids is 3. The summed E-state index contributed by atoms with van der Waals surface area (Å²) >= 11 is 0. The van der Waals surface area contributed by atoms with Crippen molar-refractivity contribution >= 4 is 17.7 Å². The molecule has 0 spiro atoms. The Labute approximate surface area is 213 Å². The van der Waals surface area contributed by atoms with Crippen molar-refractivity contribution in [2.75, 3.05) is 7.11 Å². The number of epoxide rings is 1. The fraction of sp³-hybridized carbons (Fsp3) is 0.750. The summed E-state index contributed by atoms with van der Waals surface area (Å²) in [5, 5.41) is 11.2. The van der Waals surface area contributed by atoms with Crippen LogP contribution in [-0.2, 0) is 33.3 Å². The van der Waals surface area contributed by atoms with E-state index < -0.39 is 53.5 Å². The molecule has 3 fully saturated rings. The summed E-state index contributed by atoms with van der Waals surface area (Å²) < 4.78 is 24.0. The number of rotatable bonds is 4. The Bertz CT molecular complexity index is 1030. The zero-order chi connectivity index (χ0) is 27.0. The van der Waals surface area contributed by atoms with E-state index in [0.29, 0.717) is 17.6 Å². The van der Waals surface area contributed by atoms with E-state index >= 15 is 0 Å². The zero-order valence-corrected chi connectivity index (χ0v) is 22.8. The Hall–Kier alpha value is -2.03. The van der Waals surface area contributed by atoms with Crippen molar-refractivity contribution in [2.45, 2.75) is 97.4 Å². The molecule has 8 nitrogen and oxygen atoms in total. The second-order valence-corrected chi connectivity index (χ2v) is 11.8. The molecular weight excluding hydrogens is 464 g/mol. The van der Waals surface area contributed by atoms with E-state index in [2.05, 4.69) is 13.8 Å². The van der Waals surface area contributed by atoms with Gasteiger partial charge in [0.2, 0.25) is 0 Å². The number of esters is 2. The summed E-state index contributed by atoms with van der Waals surface area (Å²) in [6.45, 7) is 14.4. The van der Waals surface area contributed by atoms with Crippen LogP contribution in [0.25, 0.3) is 0 Å². The maximum atomic E-state index is 14.0. The first-order valence-electron chi connectivity index (χ1n) is 12.9. The van der Waals surface area contributed by atoms with Crippen LogP contribution in [0.5, 0.6) is 0 Å². The number of ketones is 1. The van der Waals surface area contributed by atoms with Gasteiger partial charge in [-0.3, -0.25) is 9.59 Å². The van der Waals surface area contributed by atoms with Crippen molar-refractivity contribution in [2.24, 2.45) is 29.1 Å². The van der Waals surface area contributed by atoms with E-state index in [-0.39, 0.29) is 29.0 Å². The molecule has 36 heavy (non-hydrogen) atoms. The summed E-state index contributed by atoms with van der Waals surface area (Å²) in [5.41, 5.74) is -1.66. The number of aliphatic hydroxyl groups is 1. The van der Waals surface area contributed by atoms with Crippen molar-refractivity contribution < 1.29 is 38.4 Å². The molecule has 8 heteroatoms. The first-order chi connectivity index (χ1) is 16.7. The topological polar surface area (TPSA) is 112 Å². The lowest BCUT2D eigenvalue weighted by Gasteiger charge is -2.30. The molecule has 0 aromatic carbocycles. The van der Waals surface area contributed by atoms with Crippen LogP contribution in [0.1, 0.15) is 61.8 Å². The van der Waals surface area contributed by atoms with Gasteiger partial charge < -0.3 is 24.1 Å². The second-order valence-electron chi connectivity index (χ2n) is 11.8. The van der Waals surface area contributed by atoms with Gasteiger partial charge in [-0.25, -0.2) is 4.79 Å². The molecule has 1 unspecified atom stereocenters. The maximum absolute atomic E-state index is 14.0. The Morgan fingerprint density at radius 3 is 2.31 bits per heavy atom. The minimum Gasteiger partial charge on any atom is -0.461 e. The lowest BCUT2D eigenvalue weighted by molar-refractivity contribution is -0.154. The van der Waals surface area contributed by atoms with Gasteiger partial charge in [0.25, 0.3) is 0 Å². The molecule has 1 N–H and O–H groups in total. The van der Waals surface area contributed by atoms with Gasteiger partial charge in [-0.15, -0.1) is 0 Å². The quantitative estimate of drug-likeness (QED) is 0.269. The number of Topliss-reactive ketones (excluding diaryl/α,β-unsaturated/α-hetero) is 1. The smallest absolute Gasteiger partial charge is 0.334 e. The molecule has 200 valence electrons. The molecule has 0 aromatic rings. The van der Waals surface area contributed by atoms with Crippen molar-refractivity contribution in [3.63, 3.8) is 0 Å². The van der Waals surface area contributed by atoms with Gasteiger partial charge in [-0.05, 0) is 50.2 Å². The molecule has 0 amide bonds. The predicted octanol–water partition coefficient (Wildman–Crippen LogP) is 3.16. The van der Waals surface area contributed by atoms with Gasteiger partial charge >= 0.3 is 11.9 Å². The van der Waals surface area contributed by atoms with Gasteiger partial charge in [0.05, 0.1) is 12.0 Å². The lowest BCUT2D eigenvalue weighted by Crippen LogP contribution is -2.43. The number of hydrogen-bond donors (Lipinski definition) is 1. The average molecular weight is 505 g/mol. The third-order valence-electron chi connectivity index (χ3n) is 9.28. The van der Waals surface area contributed by atoms with Crippen LogP contribution < -0.4 is 0 Å². The van der Waals surface area contributed by atoms with E-state index in [1.54, 1.807) is 40.0 Å². The Balaban J connectivity index is 1.89. The van der Waals surface area contributed by atoms with E-state index in [4.69, 9.17) is 18.9 Å². The average Bonchev–Trinajstić information content (AvgIpc) is 3.60. The summed E-state index contributed by atoms with van der Waals surface area (Å²) in [5.74, 6) is -2.29. The van der Waals surface area contributed by atoms with Crippen molar-refractivity contribution in [1.82, 2.24) is 0 Å². The van der Waals surface area contributed by atoms with Gasteiger partial charge in [-0.1, -0.05) is 33.8 Å². The molecule has 1 saturated heterocycles. The monoisotopic (exact) mass is 504 g/mol. The van der Waals surface area contributed by atoms with Crippen molar-refractivity contribution in [1.29, 1.82) is 0 Å². The molecule has 4 aliphatic rings. The van der Waals surface area contributed by atoms with Crippen LogP contribution in [0, 0.1) is 29.1 Å². The normalized spacial score (nSPS) is 46.8. The van der Waals surface area contributed by atoms with Crippen LogP contribution in [0.15, 0.2) is 23.3 Å². The van der Waals surface area contributed by atoms with E-state index in [1.165, 1.54) is 6.92 Å². The Morgan fingerprint density at radius 2 is 1.75 bits per heavy atom. The van der Waals surface area contributed by atoms with Crippen LogP contribution in [-0.4, -0.2) is 65.6 Å². The minimum atomic E-state index is -1.22. The third kappa shape index (κ3) is 3.71. The summed E-state index contributed by atoms with van der Waals surface area (Å²) in [6.07, 6.45) is 0.867. The van der Waals surface area contributed by atoms with E-state index in [1.807, 2.05) is 13.8 Å². The highest BCUT2D eigenvalue weighted by atomic mass is 16.7. The molecule has 0 bridgehead atoms. The Morgan fingerprint density at radius 1 is 1.14 bits per heavy atom. The fourth-order valence-electron chi connectivity index (χ4n) is 7.12. The molecule has 3 aliphatic carbocycles. The van der Waals surface area contributed by atoms with Crippen LogP contribution in [0.4, 0.5) is 0 Å². The summed E-state index contributed by atoms with van der Waals surface area (Å²) in [7, 11) is 1.57. The van der Waals surface area contributed by atoms with Crippen LogP contribution in [0.3, 0.4) is 0 Å². The molecule has 4 rings (SSSR count). The van der Waals surface area contributed by atoms with Gasteiger partial charge in [-0.2, -0.15) is 0 Å². The highest BCUT2D eigenvalue weighted by Crippen LogP contribution is 2.68. The number of fused-ring (bicyclic) bond motifs is 1. The molecule has 0 radical (unpaired) electrons. The fourth-order valence-corrected chi connectivity index (χ4v) is 7.12.